The van der Waals surface area contributed by atoms with E-state index in [1.807, 2.05) is 25.1 Å². The molecule has 2 nitrogen and oxygen atoms in total. The Bertz CT molecular complexity index is 415. The third-order valence-corrected chi connectivity index (χ3v) is 2.37. The van der Waals surface area contributed by atoms with E-state index >= 15 is 0 Å². The Labute approximate surface area is 83.2 Å². The van der Waals surface area contributed by atoms with Gasteiger partial charge in [-0.1, -0.05) is 6.07 Å². The Morgan fingerprint density at radius 2 is 2.21 bits per heavy atom. The molecule has 0 saturated carbocycles. The lowest BCUT2D eigenvalue weighted by Gasteiger charge is -2.03. The summed E-state index contributed by atoms with van der Waals surface area (Å²) in [4.78, 5) is 0. The molecule has 0 amide bonds. The Kier molecular flexibility index (Phi) is 2.55. The molecule has 2 rings (SSSR count). The highest BCUT2D eigenvalue weighted by Crippen LogP contribution is 2.18. The second-order valence-electron chi connectivity index (χ2n) is 3.68. The Morgan fingerprint density at radius 3 is 3.00 bits per heavy atom. The standard InChI is InChI=1S/C12H14O2/c1-9(13)2-3-10-4-5-12-11(8-10)6-7-14-12/h4-9,13H,2-3H2,1H3/t9-/m0/s1. The van der Waals surface area contributed by atoms with Gasteiger partial charge in [0.2, 0.25) is 0 Å². The molecule has 0 aliphatic rings. The maximum Gasteiger partial charge on any atom is 0.133 e. The largest absolute Gasteiger partial charge is 0.464 e. The number of benzene rings is 1. The van der Waals surface area contributed by atoms with Crippen LogP contribution in [-0.4, -0.2) is 11.2 Å². The van der Waals surface area contributed by atoms with Gasteiger partial charge >= 0.3 is 0 Å². The smallest absolute Gasteiger partial charge is 0.133 e. The van der Waals surface area contributed by atoms with E-state index in [0.717, 1.165) is 23.8 Å². The van der Waals surface area contributed by atoms with Gasteiger partial charge < -0.3 is 9.52 Å². The minimum Gasteiger partial charge on any atom is -0.464 e. The number of hydrogen-bond acceptors (Lipinski definition) is 2. The lowest BCUT2D eigenvalue weighted by Crippen LogP contribution is -2.01. The van der Waals surface area contributed by atoms with Gasteiger partial charge in [-0.25, -0.2) is 0 Å². The van der Waals surface area contributed by atoms with Crippen molar-refractivity contribution in [3.05, 3.63) is 36.1 Å². The lowest BCUT2D eigenvalue weighted by molar-refractivity contribution is 0.185. The number of rotatable bonds is 3. The molecule has 0 radical (unpaired) electrons. The lowest BCUT2D eigenvalue weighted by atomic mass is 10.1. The van der Waals surface area contributed by atoms with Gasteiger partial charge in [0.15, 0.2) is 0 Å². The summed E-state index contributed by atoms with van der Waals surface area (Å²) in [6.45, 7) is 1.82. The first-order valence-corrected chi connectivity index (χ1v) is 4.90. The zero-order chi connectivity index (χ0) is 9.97. The van der Waals surface area contributed by atoms with Crippen LogP contribution >= 0.6 is 0 Å². The van der Waals surface area contributed by atoms with Gasteiger partial charge in [0.1, 0.15) is 5.58 Å². The molecule has 1 heterocycles. The fourth-order valence-electron chi connectivity index (χ4n) is 1.55. The predicted octanol–water partition coefficient (Wildman–Crippen LogP) is 2.75. The van der Waals surface area contributed by atoms with Gasteiger partial charge in [0.05, 0.1) is 12.4 Å². The topological polar surface area (TPSA) is 33.4 Å². The first-order chi connectivity index (χ1) is 6.75. The Balaban J connectivity index is 2.17. The van der Waals surface area contributed by atoms with Crippen molar-refractivity contribution < 1.29 is 9.52 Å². The summed E-state index contributed by atoms with van der Waals surface area (Å²) in [5.41, 5.74) is 2.17. The van der Waals surface area contributed by atoms with E-state index in [1.165, 1.54) is 5.56 Å². The minimum atomic E-state index is -0.227. The molecule has 2 heteroatoms. The summed E-state index contributed by atoms with van der Waals surface area (Å²) in [5.74, 6) is 0. The molecule has 0 aliphatic heterocycles. The van der Waals surface area contributed by atoms with E-state index in [2.05, 4.69) is 6.07 Å². The third-order valence-electron chi connectivity index (χ3n) is 2.37. The first-order valence-electron chi connectivity index (χ1n) is 4.90. The summed E-state index contributed by atoms with van der Waals surface area (Å²) >= 11 is 0. The van der Waals surface area contributed by atoms with Crippen molar-refractivity contribution in [2.24, 2.45) is 0 Å². The Hall–Kier alpha value is -1.28. The van der Waals surface area contributed by atoms with Crippen molar-refractivity contribution >= 4 is 11.0 Å². The molecule has 1 atom stereocenters. The molecule has 1 N–H and O–H groups in total. The molecular formula is C12H14O2. The molecular weight excluding hydrogens is 176 g/mol. The molecule has 0 saturated heterocycles. The number of aryl methyl sites for hydroxylation is 1. The van der Waals surface area contributed by atoms with E-state index in [9.17, 15) is 0 Å². The number of hydrogen-bond donors (Lipinski definition) is 1. The monoisotopic (exact) mass is 190 g/mol. The molecule has 0 bridgehead atoms. The molecule has 14 heavy (non-hydrogen) atoms. The van der Waals surface area contributed by atoms with Crippen LogP contribution in [0.4, 0.5) is 0 Å². The van der Waals surface area contributed by atoms with E-state index < -0.39 is 0 Å². The number of aliphatic hydroxyl groups excluding tert-OH is 1. The molecule has 0 spiro atoms. The van der Waals surface area contributed by atoms with Crippen LogP contribution in [0, 0.1) is 0 Å². The van der Waals surface area contributed by atoms with E-state index in [4.69, 9.17) is 9.52 Å². The second kappa shape index (κ2) is 3.84. The fourth-order valence-corrected chi connectivity index (χ4v) is 1.55. The average molecular weight is 190 g/mol. The molecule has 0 aliphatic carbocycles. The molecule has 74 valence electrons. The van der Waals surface area contributed by atoms with Gasteiger partial charge in [0.25, 0.3) is 0 Å². The quantitative estimate of drug-likeness (QED) is 0.807. The van der Waals surface area contributed by atoms with Crippen molar-refractivity contribution in [3.8, 4) is 0 Å². The van der Waals surface area contributed by atoms with Gasteiger partial charge in [-0.05, 0) is 43.5 Å². The maximum absolute atomic E-state index is 9.17. The highest BCUT2D eigenvalue weighted by molar-refractivity contribution is 5.77. The van der Waals surface area contributed by atoms with Crippen LogP contribution < -0.4 is 0 Å². The highest BCUT2D eigenvalue weighted by Gasteiger charge is 2.00. The average Bonchev–Trinajstić information content (AvgIpc) is 2.61. The van der Waals surface area contributed by atoms with E-state index in [0.29, 0.717) is 0 Å². The van der Waals surface area contributed by atoms with Gasteiger partial charge in [0, 0.05) is 5.39 Å². The van der Waals surface area contributed by atoms with Crippen molar-refractivity contribution in [1.29, 1.82) is 0 Å². The molecule has 0 unspecified atom stereocenters. The fraction of sp³-hybridized carbons (Fsp3) is 0.333. The van der Waals surface area contributed by atoms with Crippen LogP contribution in [0.2, 0.25) is 0 Å². The predicted molar refractivity (Wildman–Crippen MR) is 56.2 cm³/mol. The molecule has 1 aromatic heterocycles. The van der Waals surface area contributed by atoms with Gasteiger partial charge in [-0.15, -0.1) is 0 Å². The summed E-state index contributed by atoms with van der Waals surface area (Å²) in [6.07, 6.45) is 3.20. The zero-order valence-corrected chi connectivity index (χ0v) is 8.23. The SMILES string of the molecule is C[C@H](O)CCc1ccc2occc2c1. The number of furan rings is 1. The van der Waals surface area contributed by atoms with Gasteiger partial charge in [-0.2, -0.15) is 0 Å². The maximum atomic E-state index is 9.17. The zero-order valence-electron chi connectivity index (χ0n) is 8.23. The van der Waals surface area contributed by atoms with E-state index in [-0.39, 0.29) is 6.10 Å². The summed E-state index contributed by atoms with van der Waals surface area (Å²) in [6, 6.07) is 8.10. The third kappa shape index (κ3) is 1.96. The first kappa shape index (κ1) is 9.28. The summed E-state index contributed by atoms with van der Waals surface area (Å²) in [5, 5.41) is 10.3. The van der Waals surface area contributed by atoms with Crippen molar-refractivity contribution in [2.75, 3.05) is 0 Å². The van der Waals surface area contributed by atoms with E-state index in [1.54, 1.807) is 6.26 Å². The van der Waals surface area contributed by atoms with Crippen LogP contribution in [0.25, 0.3) is 11.0 Å². The molecule has 1 aromatic carbocycles. The van der Waals surface area contributed by atoms with Crippen LogP contribution in [-0.2, 0) is 6.42 Å². The summed E-state index contributed by atoms with van der Waals surface area (Å²) < 4.78 is 5.25. The van der Waals surface area contributed by atoms with Gasteiger partial charge in [-0.3, -0.25) is 0 Å². The number of fused-ring (bicyclic) bond motifs is 1. The van der Waals surface area contributed by atoms with Crippen LogP contribution in [0.5, 0.6) is 0 Å². The molecule has 2 aromatic rings. The number of aliphatic hydroxyl groups is 1. The highest BCUT2D eigenvalue weighted by atomic mass is 16.3. The van der Waals surface area contributed by atoms with Crippen LogP contribution in [0.3, 0.4) is 0 Å². The second-order valence-corrected chi connectivity index (χ2v) is 3.68. The van der Waals surface area contributed by atoms with Crippen molar-refractivity contribution in [3.63, 3.8) is 0 Å². The van der Waals surface area contributed by atoms with Crippen molar-refractivity contribution in [2.45, 2.75) is 25.9 Å². The molecule has 0 fully saturated rings. The Morgan fingerprint density at radius 1 is 1.36 bits per heavy atom. The normalized spacial score (nSPS) is 13.3. The minimum absolute atomic E-state index is 0.227. The van der Waals surface area contributed by atoms with Crippen LogP contribution in [0.15, 0.2) is 34.9 Å². The summed E-state index contributed by atoms with van der Waals surface area (Å²) in [7, 11) is 0. The van der Waals surface area contributed by atoms with Crippen LogP contribution in [0.1, 0.15) is 18.9 Å². The van der Waals surface area contributed by atoms with Crippen molar-refractivity contribution in [1.82, 2.24) is 0 Å².